The van der Waals surface area contributed by atoms with Gasteiger partial charge in [-0.25, -0.2) is 4.39 Å². The maximum Gasteiger partial charge on any atom is 0.240 e. The van der Waals surface area contributed by atoms with E-state index in [-0.39, 0.29) is 11.7 Å². The number of carbonyl (C=O) groups is 1. The average molecular weight is 248 g/mol. The molecule has 0 atom stereocenters. The lowest BCUT2D eigenvalue weighted by Gasteiger charge is -2.22. The molecular weight excluding hydrogens is 231 g/mol. The van der Waals surface area contributed by atoms with Crippen molar-refractivity contribution in [2.45, 2.75) is 33.2 Å². The molecule has 0 aliphatic heterocycles. The monoisotopic (exact) mass is 248 g/mol. The highest BCUT2D eigenvalue weighted by Gasteiger charge is 2.34. The maximum absolute atomic E-state index is 12.7. The Labute approximate surface area is 107 Å². The molecule has 0 heterocycles. The molecule has 0 unspecified atom stereocenters. The van der Waals surface area contributed by atoms with E-state index in [0.29, 0.717) is 19.4 Å². The number of rotatable bonds is 5. The molecule has 1 N–H and O–H groups in total. The van der Waals surface area contributed by atoms with E-state index in [1.165, 1.54) is 12.1 Å². The van der Waals surface area contributed by atoms with E-state index in [2.05, 4.69) is 11.4 Å². The van der Waals surface area contributed by atoms with Gasteiger partial charge in [-0.05, 0) is 30.5 Å². The lowest BCUT2D eigenvalue weighted by atomic mass is 9.83. The Bertz CT molecular complexity index is 444. The number of benzene rings is 1. The number of halogens is 1. The molecule has 3 nitrogen and oxygen atoms in total. The quantitative estimate of drug-likeness (QED) is 0.871. The van der Waals surface area contributed by atoms with Gasteiger partial charge >= 0.3 is 0 Å². The van der Waals surface area contributed by atoms with Gasteiger partial charge in [0.1, 0.15) is 11.2 Å². The highest BCUT2D eigenvalue weighted by atomic mass is 19.1. The zero-order valence-electron chi connectivity index (χ0n) is 10.7. The van der Waals surface area contributed by atoms with Crippen molar-refractivity contribution in [3.8, 4) is 6.07 Å². The van der Waals surface area contributed by atoms with Gasteiger partial charge in [-0.3, -0.25) is 4.79 Å². The molecular formula is C14H17FN2O. The summed E-state index contributed by atoms with van der Waals surface area (Å²) in [6.07, 6.45) is 0.963. The zero-order chi connectivity index (χ0) is 13.6. The Balaban J connectivity index is 2.66. The lowest BCUT2D eigenvalue weighted by molar-refractivity contribution is -0.128. The number of carbonyl (C=O) groups excluding carboxylic acids is 1. The first-order valence-corrected chi connectivity index (χ1v) is 6.02. The van der Waals surface area contributed by atoms with Gasteiger partial charge in [-0.1, -0.05) is 26.0 Å². The van der Waals surface area contributed by atoms with Crippen LogP contribution in [0.1, 0.15) is 32.3 Å². The van der Waals surface area contributed by atoms with Crippen molar-refractivity contribution in [3.05, 3.63) is 35.6 Å². The fourth-order valence-electron chi connectivity index (χ4n) is 1.73. The smallest absolute Gasteiger partial charge is 0.240 e. The molecule has 1 rings (SSSR count). The third-order valence-electron chi connectivity index (χ3n) is 3.22. The first kappa shape index (κ1) is 14.2. The molecule has 4 heteroatoms. The van der Waals surface area contributed by atoms with Crippen LogP contribution < -0.4 is 5.32 Å². The molecule has 0 fully saturated rings. The normalized spacial score (nSPS) is 10.8. The number of nitrogens with one attached hydrogen (secondary N) is 1. The van der Waals surface area contributed by atoms with Gasteiger partial charge in [0.2, 0.25) is 5.91 Å². The van der Waals surface area contributed by atoms with Crippen molar-refractivity contribution in [1.82, 2.24) is 5.32 Å². The van der Waals surface area contributed by atoms with E-state index in [0.717, 1.165) is 5.56 Å². The largest absolute Gasteiger partial charge is 0.351 e. The Morgan fingerprint density at radius 1 is 1.33 bits per heavy atom. The number of hydrogen-bond acceptors (Lipinski definition) is 2. The summed E-state index contributed by atoms with van der Waals surface area (Å²) >= 11 is 0. The van der Waals surface area contributed by atoms with Crippen LogP contribution in [-0.4, -0.2) is 5.91 Å². The van der Waals surface area contributed by atoms with Crippen molar-refractivity contribution < 1.29 is 9.18 Å². The Kier molecular flexibility index (Phi) is 4.85. The zero-order valence-corrected chi connectivity index (χ0v) is 10.7. The molecule has 1 amide bonds. The van der Waals surface area contributed by atoms with Crippen LogP contribution in [-0.2, 0) is 11.3 Å². The van der Waals surface area contributed by atoms with Crippen LogP contribution in [0.15, 0.2) is 24.3 Å². The van der Waals surface area contributed by atoms with Crippen molar-refractivity contribution in [2.75, 3.05) is 0 Å². The number of amides is 1. The summed E-state index contributed by atoms with van der Waals surface area (Å²) < 4.78 is 12.7. The molecule has 0 aromatic heterocycles. The SMILES string of the molecule is CCC(C#N)(CC)C(=O)NCc1ccc(F)cc1. The van der Waals surface area contributed by atoms with E-state index in [9.17, 15) is 9.18 Å². The Morgan fingerprint density at radius 3 is 2.33 bits per heavy atom. The van der Waals surface area contributed by atoms with Gasteiger partial charge in [0.25, 0.3) is 0 Å². The molecule has 1 aromatic carbocycles. The van der Waals surface area contributed by atoms with Gasteiger partial charge < -0.3 is 5.32 Å². The molecule has 96 valence electrons. The summed E-state index contributed by atoms with van der Waals surface area (Å²) in [4.78, 5) is 12.0. The fraction of sp³-hybridized carbons (Fsp3) is 0.429. The van der Waals surface area contributed by atoms with Crippen LogP contribution in [0.5, 0.6) is 0 Å². The standard InChI is InChI=1S/C14H17FN2O/c1-3-14(4-2,10-16)13(18)17-9-11-5-7-12(15)8-6-11/h5-8H,3-4,9H2,1-2H3,(H,17,18). The summed E-state index contributed by atoms with van der Waals surface area (Å²) in [5.74, 6) is -0.571. The van der Waals surface area contributed by atoms with Crippen LogP contribution in [0.3, 0.4) is 0 Å². The van der Waals surface area contributed by atoms with Crippen molar-refractivity contribution in [1.29, 1.82) is 5.26 Å². The number of hydrogen-bond donors (Lipinski definition) is 1. The number of nitrogens with zero attached hydrogens (tertiary/aromatic N) is 1. The second-order valence-corrected chi connectivity index (χ2v) is 4.21. The summed E-state index contributed by atoms with van der Waals surface area (Å²) in [6, 6.07) is 8.01. The van der Waals surface area contributed by atoms with E-state index in [1.807, 2.05) is 13.8 Å². The summed E-state index contributed by atoms with van der Waals surface area (Å²) in [7, 11) is 0. The van der Waals surface area contributed by atoms with Crippen LogP contribution in [0, 0.1) is 22.6 Å². The molecule has 1 aromatic rings. The van der Waals surface area contributed by atoms with E-state index in [4.69, 9.17) is 5.26 Å². The van der Waals surface area contributed by atoms with Crippen molar-refractivity contribution >= 4 is 5.91 Å². The predicted molar refractivity (Wildman–Crippen MR) is 66.9 cm³/mol. The Hall–Kier alpha value is -1.89. The summed E-state index contributed by atoms with van der Waals surface area (Å²) in [5.41, 5.74) is -0.149. The molecule has 0 spiro atoms. The highest BCUT2D eigenvalue weighted by molar-refractivity contribution is 5.85. The first-order valence-electron chi connectivity index (χ1n) is 6.02. The summed E-state index contributed by atoms with van der Waals surface area (Å²) in [5, 5.41) is 11.8. The fourth-order valence-corrected chi connectivity index (χ4v) is 1.73. The molecule has 0 aliphatic rings. The predicted octanol–water partition coefficient (Wildman–Crippen LogP) is 2.77. The molecule has 0 radical (unpaired) electrons. The first-order chi connectivity index (χ1) is 8.57. The summed E-state index contributed by atoms with van der Waals surface area (Å²) in [6.45, 7) is 3.96. The lowest BCUT2D eigenvalue weighted by Crippen LogP contribution is -2.39. The average Bonchev–Trinajstić information content (AvgIpc) is 2.41. The van der Waals surface area contributed by atoms with Crippen LogP contribution >= 0.6 is 0 Å². The topological polar surface area (TPSA) is 52.9 Å². The number of nitriles is 1. The second-order valence-electron chi connectivity index (χ2n) is 4.21. The minimum absolute atomic E-state index is 0.265. The highest BCUT2D eigenvalue weighted by Crippen LogP contribution is 2.25. The molecule has 0 saturated heterocycles. The third-order valence-corrected chi connectivity index (χ3v) is 3.22. The minimum Gasteiger partial charge on any atom is -0.351 e. The van der Waals surface area contributed by atoms with Crippen LogP contribution in [0.2, 0.25) is 0 Å². The third kappa shape index (κ3) is 3.07. The molecule has 18 heavy (non-hydrogen) atoms. The molecule has 0 aliphatic carbocycles. The molecule has 0 bridgehead atoms. The van der Waals surface area contributed by atoms with Gasteiger partial charge in [-0.2, -0.15) is 5.26 Å². The van der Waals surface area contributed by atoms with Crippen LogP contribution in [0.4, 0.5) is 4.39 Å². The minimum atomic E-state index is -0.958. The van der Waals surface area contributed by atoms with Gasteiger partial charge in [0, 0.05) is 6.54 Å². The maximum atomic E-state index is 12.7. The van der Waals surface area contributed by atoms with Crippen LogP contribution in [0.25, 0.3) is 0 Å². The Morgan fingerprint density at radius 2 is 1.89 bits per heavy atom. The van der Waals surface area contributed by atoms with E-state index >= 15 is 0 Å². The van der Waals surface area contributed by atoms with E-state index < -0.39 is 5.41 Å². The second kappa shape index (κ2) is 6.15. The van der Waals surface area contributed by atoms with Crippen molar-refractivity contribution in [3.63, 3.8) is 0 Å². The van der Waals surface area contributed by atoms with E-state index in [1.54, 1.807) is 12.1 Å². The van der Waals surface area contributed by atoms with Crippen molar-refractivity contribution in [2.24, 2.45) is 5.41 Å². The van der Waals surface area contributed by atoms with Gasteiger partial charge in [0.15, 0.2) is 0 Å². The van der Waals surface area contributed by atoms with Gasteiger partial charge in [0.05, 0.1) is 6.07 Å². The van der Waals surface area contributed by atoms with Gasteiger partial charge in [-0.15, -0.1) is 0 Å². The molecule has 0 saturated carbocycles.